The highest BCUT2D eigenvalue weighted by molar-refractivity contribution is 5.96. The van der Waals surface area contributed by atoms with Crippen LogP contribution in [0.15, 0.2) is 24.3 Å². The fraction of sp³-hybridized carbons (Fsp3) is 0.353. The average molecular weight is 349 g/mol. The maximum absolute atomic E-state index is 13.0. The molecule has 25 heavy (non-hydrogen) atoms. The molecule has 7 nitrogen and oxygen atoms in total. The van der Waals surface area contributed by atoms with Gasteiger partial charge >= 0.3 is 5.97 Å². The van der Waals surface area contributed by atoms with E-state index in [1.807, 2.05) is 6.92 Å². The molecule has 1 atom stereocenters. The first-order valence-corrected chi connectivity index (χ1v) is 7.67. The van der Waals surface area contributed by atoms with E-state index in [0.717, 1.165) is 11.8 Å². The van der Waals surface area contributed by atoms with Crippen LogP contribution >= 0.6 is 0 Å². The van der Waals surface area contributed by atoms with Crippen molar-refractivity contribution in [3.63, 3.8) is 0 Å². The fourth-order valence-electron chi connectivity index (χ4n) is 2.16. The number of anilines is 1. The van der Waals surface area contributed by atoms with Gasteiger partial charge in [0.1, 0.15) is 11.6 Å². The number of rotatable bonds is 6. The van der Waals surface area contributed by atoms with E-state index in [1.165, 1.54) is 25.1 Å². The molecule has 0 saturated heterocycles. The van der Waals surface area contributed by atoms with E-state index in [0.29, 0.717) is 11.4 Å². The van der Waals surface area contributed by atoms with Crippen LogP contribution in [0.4, 0.5) is 10.1 Å². The lowest BCUT2D eigenvalue weighted by Gasteiger charge is -2.14. The van der Waals surface area contributed by atoms with Gasteiger partial charge in [0.05, 0.1) is 17.1 Å². The number of amides is 1. The second-order valence-corrected chi connectivity index (χ2v) is 5.54. The van der Waals surface area contributed by atoms with E-state index in [9.17, 15) is 14.0 Å². The Kier molecular flexibility index (Phi) is 5.74. The molecule has 1 aromatic carbocycles. The predicted octanol–water partition coefficient (Wildman–Crippen LogP) is 2.13. The summed E-state index contributed by atoms with van der Waals surface area (Å²) in [6.07, 6.45) is -1.01. The molecule has 0 aliphatic carbocycles. The van der Waals surface area contributed by atoms with Gasteiger partial charge in [0, 0.05) is 13.1 Å². The number of hydrogen-bond donors (Lipinski definition) is 1. The van der Waals surface area contributed by atoms with E-state index in [1.54, 1.807) is 18.7 Å². The predicted molar refractivity (Wildman–Crippen MR) is 88.8 cm³/mol. The lowest BCUT2D eigenvalue weighted by atomic mass is 10.3. The van der Waals surface area contributed by atoms with Crippen LogP contribution in [0.1, 0.15) is 18.3 Å². The number of esters is 1. The molecule has 0 aliphatic heterocycles. The first-order chi connectivity index (χ1) is 11.8. The molecule has 2 rings (SSSR count). The highest BCUT2D eigenvalue weighted by atomic mass is 19.1. The molecule has 0 saturated carbocycles. The normalized spacial score (nSPS) is 11.7. The topological polar surface area (TPSA) is 82.5 Å². The van der Waals surface area contributed by atoms with E-state index in [4.69, 9.17) is 9.47 Å². The molecule has 1 amide bonds. The molecular weight excluding hydrogens is 329 g/mol. The van der Waals surface area contributed by atoms with Crippen LogP contribution in [0.3, 0.4) is 0 Å². The molecule has 2 aromatic rings. The van der Waals surface area contributed by atoms with Crippen LogP contribution in [0, 0.1) is 19.7 Å². The maximum Gasteiger partial charge on any atom is 0.344 e. The minimum absolute atomic E-state index is 0.204. The molecule has 0 bridgehead atoms. The van der Waals surface area contributed by atoms with Crippen molar-refractivity contribution in [2.45, 2.75) is 26.9 Å². The molecule has 1 aromatic heterocycles. The van der Waals surface area contributed by atoms with Crippen LogP contribution in [0.5, 0.6) is 5.75 Å². The van der Waals surface area contributed by atoms with Gasteiger partial charge in [-0.3, -0.25) is 9.48 Å². The zero-order valence-corrected chi connectivity index (χ0v) is 14.5. The Hall–Kier alpha value is -2.90. The van der Waals surface area contributed by atoms with Gasteiger partial charge in [-0.25, -0.2) is 9.18 Å². The summed E-state index contributed by atoms with van der Waals surface area (Å²) in [5.74, 6) is -1.47. The first-order valence-electron chi connectivity index (χ1n) is 7.67. The number of benzene rings is 1. The SMILES string of the molecule is Cc1nn(C)c(C)c1NC(=O)[C@H](C)OC(=O)COc1cccc(F)c1. The van der Waals surface area contributed by atoms with Crippen molar-refractivity contribution < 1.29 is 23.5 Å². The quantitative estimate of drug-likeness (QED) is 0.808. The van der Waals surface area contributed by atoms with Crippen molar-refractivity contribution >= 4 is 17.6 Å². The Bertz CT molecular complexity index is 788. The van der Waals surface area contributed by atoms with Crippen molar-refractivity contribution in [2.24, 2.45) is 7.05 Å². The van der Waals surface area contributed by atoms with Gasteiger partial charge in [-0.1, -0.05) is 6.07 Å². The molecule has 0 aliphatic rings. The lowest BCUT2D eigenvalue weighted by molar-refractivity contribution is -0.155. The van der Waals surface area contributed by atoms with Crippen LogP contribution in [-0.4, -0.2) is 34.4 Å². The zero-order chi connectivity index (χ0) is 18.6. The third kappa shape index (κ3) is 4.79. The molecule has 8 heteroatoms. The van der Waals surface area contributed by atoms with E-state index in [-0.39, 0.29) is 5.75 Å². The number of hydrogen-bond acceptors (Lipinski definition) is 5. The second kappa shape index (κ2) is 7.78. The molecule has 0 radical (unpaired) electrons. The molecule has 1 heterocycles. The van der Waals surface area contributed by atoms with Gasteiger partial charge in [0.2, 0.25) is 0 Å². The third-order valence-electron chi connectivity index (χ3n) is 3.59. The second-order valence-electron chi connectivity index (χ2n) is 5.54. The average Bonchev–Trinajstić information content (AvgIpc) is 2.79. The monoisotopic (exact) mass is 349 g/mol. The van der Waals surface area contributed by atoms with Crippen molar-refractivity contribution in [3.8, 4) is 5.75 Å². The number of nitrogens with zero attached hydrogens (tertiary/aromatic N) is 2. The van der Waals surface area contributed by atoms with Crippen molar-refractivity contribution in [2.75, 3.05) is 11.9 Å². The molecular formula is C17H20FN3O4. The van der Waals surface area contributed by atoms with Gasteiger partial charge in [-0.2, -0.15) is 5.10 Å². The summed E-state index contributed by atoms with van der Waals surface area (Å²) < 4.78 is 24.8. The Balaban J connectivity index is 1.86. The zero-order valence-electron chi connectivity index (χ0n) is 14.5. The van der Waals surface area contributed by atoms with Crippen LogP contribution < -0.4 is 10.1 Å². The van der Waals surface area contributed by atoms with E-state index >= 15 is 0 Å². The van der Waals surface area contributed by atoms with E-state index < -0.39 is 30.4 Å². The number of aryl methyl sites for hydroxylation is 2. The number of halogens is 1. The Morgan fingerprint density at radius 3 is 2.68 bits per heavy atom. The summed E-state index contributed by atoms with van der Waals surface area (Å²) in [6.45, 7) is 4.62. The summed E-state index contributed by atoms with van der Waals surface area (Å²) >= 11 is 0. The van der Waals surface area contributed by atoms with E-state index in [2.05, 4.69) is 10.4 Å². The fourth-order valence-corrected chi connectivity index (χ4v) is 2.16. The Morgan fingerprint density at radius 1 is 1.36 bits per heavy atom. The molecule has 0 unspecified atom stereocenters. The summed E-state index contributed by atoms with van der Waals surface area (Å²) in [6, 6.07) is 5.39. The van der Waals surface area contributed by atoms with Gasteiger partial charge < -0.3 is 14.8 Å². The molecule has 0 spiro atoms. The third-order valence-corrected chi connectivity index (χ3v) is 3.59. The van der Waals surface area contributed by atoms with Gasteiger partial charge in [-0.05, 0) is 32.9 Å². The number of ether oxygens (including phenoxy) is 2. The summed E-state index contributed by atoms with van der Waals surface area (Å²) in [5.41, 5.74) is 2.05. The summed E-state index contributed by atoms with van der Waals surface area (Å²) in [4.78, 5) is 23.9. The number of carbonyl (C=O) groups excluding carboxylic acids is 2. The Labute approximate surface area is 144 Å². The van der Waals surface area contributed by atoms with Crippen LogP contribution in [-0.2, 0) is 21.4 Å². The number of nitrogens with one attached hydrogen (secondary N) is 1. The van der Waals surface area contributed by atoms with Gasteiger partial charge in [0.15, 0.2) is 12.7 Å². The first kappa shape index (κ1) is 18.4. The highest BCUT2D eigenvalue weighted by Gasteiger charge is 2.21. The molecule has 1 N–H and O–H groups in total. The van der Waals surface area contributed by atoms with Crippen LogP contribution in [0.25, 0.3) is 0 Å². The van der Waals surface area contributed by atoms with Gasteiger partial charge in [0.25, 0.3) is 5.91 Å². The number of aromatic nitrogens is 2. The largest absolute Gasteiger partial charge is 0.482 e. The van der Waals surface area contributed by atoms with Crippen molar-refractivity contribution in [3.05, 3.63) is 41.5 Å². The molecule has 134 valence electrons. The highest BCUT2D eigenvalue weighted by Crippen LogP contribution is 2.18. The standard InChI is InChI=1S/C17H20FN3O4/c1-10-16(11(2)21(4)20-10)19-17(23)12(3)25-15(22)9-24-14-7-5-6-13(18)8-14/h5-8,12H,9H2,1-4H3,(H,19,23)/t12-/m0/s1. The summed E-state index contributed by atoms with van der Waals surface area (Å²) in [5, 5.41) is 6.89. The minimum atomic E-state index is -1.01. The maximum atomic E-state index is 13.0. The van der Waals surface area contributed by atoms with Crippen molar-refractivity contribution in [1.29, 1.82) is 0 Å². The lowest BCUT2D eigenvalue weighted by Crippen LogP contribution is -2.32. The summed E-state index contributed by atoms with van der Waals surface area (Å²) in [7, 11) is 1.77. The number of carbonyl (C=O) groups is 2. The molecule has 0 fully saturated rings. The minimum Gasteiger partial charge on any atom is -0.482 e. The van der Waals surface area contributed by atoms with Crippen LogP contribution in [0.2, 0.25) is 0 Å². The van der Waals surface area contributed by atoms with Gasteiger partial charge in [-0.15, -0.1) is 0 Å². The Morgan fingerprint density at radius 2 is 2.08 bits per heavy atom. The smallest absolute Gasteiger partial charge is 0.344 e. The van der Waals surface area contributed by atoms with Crippen molar-refractivity contribution in [1.82, 2.24) is 9.78 Å².